The molecule has 11 N–H and O–H groups in total. The molecule has 2 amide bonds. The average Bonchev–Trinajstić information content (AvgIpc) is 3.68. The minimum absolute atomic E-state index is 0.0181. The number of ether oxygens (including phenoxy) is 1. The Morgan fingerprint density at radius 2 is 1.72 bits per heavy atom. The van der Waals surface area contributed by atoms with E-state index in [0.717, 1.165) is 48.2 Å². The van der Waals surface area contributed by atoms with E-state index in [1.165, 1.54) is 13.8 Å². The highest BCUT2D eigenvalue weighted by Gasteiger charge is 2.50. The van der Waals surface area contributed by atoms with Gasteiger partial charge in [-0.1, -0.05) is 51.8 Å². The van der Waals surface area contributed by atoms with Gasteiger partial charge in [-0.3, -0.25) is 32.5 Å². The number of imidazole rings is 1. The van der Waals surface area contributed by atoms with Crippen LogP contribution in [0.25, 0.3) is 11.2 Å². The molecule has 3 heterocycles. The number of unbranched alkanes of at least 4 members (excludes halogenated alkanes) is 2. The number of thioether (sulfide) groups is 1. The molecule has 2 unspecified atom stereocenters. The number of anilines is 1. The van der Waals surface area contributed by atoms with Gasteiger partial charge in [-0.25, -0.2) is 28.6 Å². The summed E-state index contributed by atoms with van der Waals surface area (Å²) in [6, 6.07) is 0. The number of aromatic nitrogens is 4. The van der Waals surface area contributed by atoms with E-state index in [0.29, 0.717) is 6.42 Å². The number of carbonyl (C=O) groups excluding carboxylic acids is 3. The lowest BCUT2D eigenvalue weighted by Crippen LogP contribution is -2.46. The van der Waals surface area contributed by atoms with Gasteiger partial charge in [0, 0.05) is 37.1 Å². The van der Waals surface area contributed by atoms with Crippen LogP contribution in [0.5, 0.6) is 0 Å². The van der Waals surface area contributed by atoms with Crippen molar-refractivity contribution in [1.82, 2.24) is 30.2 Å². The molecule has 2 aromatic rings. The first-order chi connectivity index (χ1) is 26.9. The van der Waals surface area contributed by atoms with Crippen molar-refractivity contribution in [3.05, 3.63) is 12.7 Å². The van der Waals surface area contributed by atoms with E-state index in [4.69, 9.17) is 19.5 Å². The number of hydrogen-bond donors (Lipinski definition) is 10. The highest BCUT2D eigenvalue weighted by atomic mass is 32.2. The van der Waals surface area contributed by atoms with Gasteiger partial charge in [-0.05, 0) is 6.42 Å². The first-order valence-corrected chi connectivity index (χ1v) is 23.2. The third-order valence-electron chi connectivity index (χ3n) is 8.31. The van der Waals surface area contributed by atoms with Crippen LogP contribution in [-0.4, -0.2) is 134 Å². The number of fused-ring (bicyclic) bond motifs is 1. The van der Waals surface area contributed by atoms with Crippen molar-refractivity contribution < 1.29 is 85.6 Å². The third-order valence-corrected chi connectivity index (χ3v) is 12.3. The zero-order valence-electron chi connectivity index (χ0n) is 31.6. The molecule has 0 bridgehead atoms. The maximum atomic E-state index is 12.7. The normalized spacial score (nSPS) is 21.9. The zero-order valence-corrected chi connectivity index (χ0v) is 35.1. The number of aliphatic hydroxyl groups excluding tert-OH is 3. The van der Waals surface area contributed by atoms with Gasteiger partial charge in [0.15, 0.2) is 22.8 Å². The Labute approximate surface area is 336 Å². The molecule has 8 atom stereocenters. The van der Waals surface area contributed by atoms with E-state index in [1.807, 2.05) is 6.92 Å². The molecule has 2 aromatic heterocycles. The van der Waals surface area contributed by atoms with Gasteiger partial charge in [0.2, 0.25) is 11.8 Å². The van der Waals surface area contributed by atoms with Crippen LogP contribution in [0, 0.1) is 5.41 Å². The number of nitrogens with two attached hydrogens (primary N) is 1. The Morgan fingerprint density at radius 3 is 2.40 bits per heavy atom. The Balaban J connectivity index is 1.45. The summed E-state index contributed by atoms with van der Waals surface area (Å²) in [6.07, 6.45) is -4.33. The first-order valence-electron chi connectivity index (χ1n) is 17.7. The second kappa shape index (κ2) is 21.9. The van der Waals surface area contributed by atoms with Crippen molar-refractivity contribution >= 4 is 69.1 Å². The van der Waals surface area contributed by atoms with Crippen LogP contribution in [-0.2, 0) is 50.7 Å². The van der Waals surface area contributed by atoms with Crippen molar-refractivity contribution in [3.63, 3.8) is 0 Å². The molecule has 1 saturated heterocycles. The zero-order chi connectivity index (χ0) is 43.5. The van der Waals surface area contributed by atoms with E-state index < -0.39 is 90.7 Å². The molecule has 0 spiro atoms. The van der Waals surface area contributed by atoms with Gasteiger partial charge in [0.1, 0.15) is 36.3 Å². The summed E-state index contributed by atoms with van der Waals surface area (Å²) in [4.78, 5) is 87.7. The lowest BCUT2D eigenvalue weighted by atomic mass is 9.87. The lowest BCUT2D eigenvalue weighted by Gasteiger charge is -2.30. The average molecular weight is 910 g/mol. The maximum Gasteiger partial charge on any atom is 0.481 e. The van der Waals surface area contributed by atoms with Gasteiger partial charge < -0.3 is 56.0 Å². The van der Waals surface area contributed by atoms with E-state index >= 15 is 0 Å². The smallest absolute Gasteiger partial charge is 0.393 e. The monoisotopic (exact) mass is 909 g/mol. The fraction of sp³-hybridized carbons (Fsp3) is 0.724. The molecule has 0 aromatic carbocycles. The summed E-state index contributed by atoms with van der Waals surface area (Å²) in [6.45, 7) is 2.42. The largest absolute Gasteiger partial charge is 0.481 e. The molecular weight excluding hydrogens is 859 g/mol. The van der Waals surface area contributed by atoms with Gasteiger partial charge in [0.25, 0.3) is 0 Å². The minimum atomic E-state index is -5.58. The third kappa shape index (κ3) is 15.8. The minimum Gasteiger partial charge on any atom is -0.393 e. The Bertz CT molecular complexity index is 1850. The number of nitrogens with zero attached hydrogens (tertiary/aromatic N) is 4. The van der Waals surface area contributed by atoms with Gasteiger partial charge in [0.05, 0.1) is 25.6 Å². The molecule has 0 aliphatic carbocycles. The van der Waals surface area contributed by atoms with E-state index in [9.17, 15) is 63.0 Å². The van der Waals surface area contributed by atoms with Crippen LogP contribution in [0.4, 0.5) is 5.82 Å². The van der Waals surface area contributed by atoms with Crippen molar-refractivity contribution in [3.8, 4) is 0 Å². The van der Waals surface area contributed by atoms with Crippen LogP contribution in [0.15, 0.2) is 12.7 Å². The molecule has 330 valence electrons. The van der Waals surface area contributed by atoms with Crippen LogP contribution in [0.2, 0.25) is 0 Å². The summed E-state index contributed by atoms with van der Waals surface area (Å²) in [5.74, 6) is -1.23. The number of rotatable bonds is 25. The summed E-state index contributed by atoms with van der Waals surface area (Å²) < 4.78 is 62.1. The Hall–Kier alpha value is -2.48. The summed E-state index contributed by atoms with van der Waals surface area (Å²) >= 11 is 0.978. The predicted molar refractivity (Wildman–Crippen MR) is 202 cm³/mol. The SMILES string of the molecule is CCCCC[C@H](O)CC(=O)SCCNC(=O)CCNC(=O)[C@H](O)C(C)(C)COP(=O)(O)OP(=O)(O)OC[C@H]1O[C@@H](n2cnc3c(N)ncnc32)[C@H](O)[C@@H]1OP(=O)(O)O. The highest BCUT2D eigenvalue weighted by Crippen LogP contribution is 2.61. The lowest BCUT2D eigenvalue weighted by molar-refractivity contribution is -0.137. The number of nitrogens with one attached hydrogen (secondary N) is 2. The van der Waals surface area contributed by atoms with Crippen molar-refractivity contribution in [1.29, 1.82) is 0 Å². The molecular formula is C29H50N7O18P3S. The Kier molecular flexibility index (Phi) is 18.8. The first kappa shape index (κ1) is 49.9. The second-order valence-electron chi connectivity index (χ2n) is 13.6. The van der Waals surface area contributed by atoms with Crippen molar-refractivity contribution in [2.45, 2.75) is 96.0 Å². The number of nitrogen functional groups attached to an aromatic ring is 1. The summed E-state index contributed by atoms with van der Waals surface area (Å²) in [7, 11) is -16.4. The van der Waals surface area contributed by atoms with Crippen molar-refractivity contribution in [2.75, 3.05) is 37.8 Å². The van der Waals surface area contributed by atoms with Crippen LogP contribution in [0.1, 0.15) is 65.5 Å². The topological polar surface area (TPSA) is 384 Å². The quantitative estimate of drug-likeness (QED) is 0.0463. The molecule has 1 fully saturated rings. The molecule has 3 rings (SSSR count). The number of carbonyl (C=O) groups is 3. The fourth-order valence-corrected chi connectivity index (χ4v) is 8.85. The molecule has 1 aliphatic heterocycles. The number of amides is 2. The van der Waals surface area contributed by atoms with Crippen LogP contribution >= 0.6 is 35.2 Å². The van der Waals surface area contributed by atoms with E-state index in [-0.39, 0.29) is 53.8 Å². The number of hydrogen-bond acceptors (Lipinski definition) is 19. The number of phosphoric ester groups is 3. The second-order valence-corrected chi connectivity index (χ2v) is 19.0. The van der Waals surface area contributed by atoms with Gasteiger partial charge in [-0.2, -0.15) is 4.31 Å². The van der Waals surface area contributed by atoms with Gasteiger partial charge in [-0.15, -0.1) is 0 Å². The van der Waals surface area contributed by atoms with Gasteiger partial charge >= 0.3 is 23.5 Å². The number of phosphoric acid groups is 3. The molecule has 29 heteroatoms. The summed E-state index contributed by atoms with van der Waals surface area (Å²) in [5.41, 5.74) is 4.24. The van der Waals surface area contributed by atoms with Crippen LogP contribution in [0.3, 0.4) is 0 Å². The molecule has 0 saturated carbocycles. The maximum absolute atomic E-state index is 12.7. The fourth-order valence-electron chi connectivity index (χ4n) is 5.28. The predicted octanol–water partition coefficient (Wildman–Crippen LogP) is -0.00400. The molecule has 58 heavy (non-hydrogen) atoms. The van der Waals surface area contributed by atoms with E-state index in [1.54, 1.807) is 0 Å². The summed E-state index contributed by atoms with van der Waals surface area (Å²) in [5, 5.41) is 36.1. The van der Waals surface area contributed by atoms with E-state index in [2.05, 4.69) is 34.4 Å². The standard InChI is InChI=1S/C29H50N7O18P3S/c1-4-5-6-7-17(37)12-20(39)58-11-10-31-19(38)8-9-32-27(42)24(41)29(2,3)14-51-57(48,49)54-56(46,47)50-13-18-23(53-55(43,44)45)22(40)28(52-18)36-16-35-21-25(30)33-15-34-26(21)36/h15-18,22-24,28,37,40-41H,4-14H2,1-3H3,(H,31,38)(H,32,42)(H,46,47)(H,48,49)(H2,30,33,34)(H2,43,44,45)/t17-,18+,22+,23+,24-,28+/m0/s1. The highest BCUT2D eigenvalue weighted by molar-refractivity contribution is 8.13. The molecule has 25 nitrogen and oxygen atoms in total. The molecule has 0 radical (unpaired) electrons. The Morgan fingerprint density at radius 1 is 1.03 bits per heavy atom. The van der Waals surface area contributed by atoms with Crippen LogP contribution < -0.4 is 16.4 Å². The molecule has 1 aliphatic rings. The number of aliphatic hydroxyl groups is 3. The van der Waals surface area contributed by atoms with Crippen molar-refractivity contribution in [2.24, 2.45) is 5.41 Å².